The van der Waals surface area contributed by atoms with Crippen LogP contribution in [0, 0.1) is 0 Å². The van der Waals surface area contributed by atoms with Crippen molar-refractivity contribution in [3.05, 3.63) is 65.2 Å². The minimum atomic E-state index is -0.594. The molecule has 2 aromatic carbocycles. The van der Waals surface area contributed by atoms with Gasteiger partial charge in [0.05, 0.1) is 0 Å². The summed E-state index contributed by atoms with van der Waals surface area (Å²) in [6.45, 7) is 5.74. The van der Waals surface area contributed by atoms with E-state index in [1.54, 1.807) is 31.2 Å². The number of hydrogen-bond acceptors (Lipinski definition) is 2. The van der Waals surface area contributed by atoms with Gasteiger partial charge in [-0.15, -0.1) is 0 Å². The lowest BCUT2D eigenvalue weighted by molar-refractivity contribution is -0.128. The first kappa shape index (κ1) is 17.4. The molecule has 0 aliphatic carbocycles. The molecule has 0 aromatic heterocycles. The van der Waals surface area contributed by atoms with E-state index >= 15 is 0 Å². The molecule has 0 fully saturated rings. The second-order valence-electron chi connectivity index (χ2n) is 6.25. The lowest BCUT2D eigenvalue weighted by Gasteiger charge is -2.28. The monoisotopic (exact) mass is 331 g/mol. The van der Waals surface area contributed by atoms with Gasteiger partial charge < -0.3 is 10.1 Å². The van der Waals surface area contributed by atoms with Crippen LogP contribution in [0.5, 0.6) is 5.75 Å². The Morgan fingerprint density at radius 3 is 2.52 bits per heavy atom. The molecule has 0 unspecified atom stereocenters. The molecule has 0 aliphatic rings. The number of hydrogen-bond donors (Lipinski definition) is 1. The number of carbonyl (C=O) groups excluding carboxylic acids is 1. The summed E-state index contributed by atoms with van der Waals surface area (Å²) >= 11 is 5.92. The average molecular weight is 332 g/mol. The standard InChI is InChI=1S/C19H22ClNO2/c1-14(23-17-11-7-10-16(20)12-17)18(22)21-19(2,3)13-15-8-5-4-6-9-15/h4-12,14H,13H2,1-3H3,(H,21,22)/t14-/m1/s1. The van der Waals surface area contributed by atoms with Gasteiger partial charge in [0, 0.05) is 10.6 Å². The molecule has 1 atom stereocenters. The fourth-order valence-corrected chi connectivity index (χ4v) is 2.56. The van der Waals surface area contributed by atoms with Gasteiger partial charge in [-0.25, -0.2) is 0 Å². The van der Waals surface area contributed by atoms with Crippen molar-refractivity contribution in [2.24, 2.45) is 0 Å². The van der Waals surface area contributed by atoms with Crippen LogP contribution in [0.3, 0.4) is 0 Å². The number of benzene rings is 2. The van der Waals surface area contributed by atoms with E-state index < -0.39 is 6.10 Å². The highest BCUT2D eigenvalue weighted by molar-refractivity contribution is 6.30. The van der Waals surface area contributed by atoms with E-state index in [-0.39, 0.29) is 11.4 Å². The zero-order valence-electron chi connectivity index (χ0n) is 13.7. The van der Waals surface area contributed by atoms with Crippen molar-refractivity contribution in [3.63, 3.8) is 0 Å². The van der Waals surface area contributed by atoms with Gasteiger partial charge >= 0.3 is 0 Å². The van der Waals surface area contributed by atoms with Gasteiger partial charge in [0.1, 0.15) is 5.75 Å². The van der Waals surface area contributed by atoms with E-state index in [1.807, 2.05) is 32.0 Å². The summed E-state index contributed by atoms with van der Waals surface area (Å²) in [5.74, 6) is 0.437. The maximum atomic E-state index is 12.4. The molecule has 3 nitrogen and oxygen atoms in total. The van der Waals surface area contributed by atoms with Crippen LogP contribution < -0.4 is 10.1 Å². The first-order valence-corrected chi connectivity index (χ1v) is 8.02. The molecule has 0 saturated heterocycles. The molecule has 23 heavy (non-hydrogen) atoms. The fraction of sp³-hybridized carbons (Fsp3) is 0.316. The molecule has 0 radical (unpaired) electrons. The molecule has 1 N–H and O–H groups in total. The maximum absolute atomic E-state index is 12.4. The van der Waals surface area contributed by atoms with Gasteiger partial charge in [0.25, 0.3) is 5.91 Å². The van der Waals surface area contributed by atoms with Gasteiger partial charge in [-0.2, -0.15) is 0 Å². The second kappa shape index (κ2) is 7.51. The molecule has 2 aromatic rings. The first-order chi connectivity index (χ1) is 10.9. The summed E-state index contributed by atoms with van der Waals surface area (Å²) in [6, 6.07) is 17.1. The van der Waals surface area contributed by atoms with Crippen molar-refractivity contribution in [2.75, 3.05) is 0 Å². The van der Waals surface area contributed by atoms with Crippen LogP contribution in [0.25, 0.3) is 0 Å². The van der Waals surface area contributed by atoms with Crippen LogP contribution in [0.1, 0.15) is 26.3 Å². The van der Waals surface area contributed by atoms with Crippen molar-refractivity contribution in [1.82, 2.24) is 5.32 Å². The van der Waals surface area contributed by atoms with Crippen LogP contribution in [0.2, 0.25) is 5.02 Å². The number of amides is 1. The Kier molecular flexibility index (Phi) is 5.67. The number of nitrogens with one attached hydrogen (secondary N) is 1. The SMILES string of the molecule is C[C@@H](Oc1cccc(Cl)c1)C(=O)NC(C)(C)Cc1ccccc1. The Morgan fingerprint density at radius 2 is 1.87 bits per heavy atom. The highest BCUT2D eigenvalue weighted by Gasteiger charge is 2.24. The predicted molar refractivity (Wildman–Crippen MR) is 93.9 cm³/mol. The normalized spacial score (nSPS) is 12.5. The van der Waals surface area contributed by atoms with Crippen LogP contribution >= 0.6 is 11.6 Å². The second-order valence-corrected chi connectivity index (χ2v) is 6.69. The highest BCUT2D eigenvalue weighted by Crippen LogP contribution is 2.19. The Hall–Kier alpha value is -2.00. The van der Waals surface area contributed by atoms with Crippen molar-refractivity contribution >= 4 is 17.5 Å². The third-order valence-corrected chi connectivity index (χ3v) is 3.66. The first-order valence-electron chi connectivity index (χ1n) is 7.64. The van der Waals surface area contributed by atoms with Crippen molar-refractivity contribution in [3.8, 4) is 5.75 Å². The summed E-state index contributed by atoms with van der Waals surface area (Å²) in [4.78, 5) is 12.4. The number of rotatable bonds is 6. The van der Waals surface area contributed by atoms with Crippen LogP contribution in [0.4, 0.5) is 0 Å². The topological polar surface area (TPSA) is 38.3 Å². The molecule has 0 bridgehead atoms. The summed E-state index contributed by atoms with van der Waals surface area (Å²) < 4.78 is 5.66. The van der Waals surface area contributed by atoms with Gasteiger partial charge in [-0.05, 0) is 51.0 Å². The van der Waals surface area contributed by atoms with E-state index in [9.17, 15) is 4.79 Å². The van der Waals surface area contributed by atoms with Crippen LogP contribution in [0.15, 0.2) is 54.6 Å². The van der Waals surface area contributed by atoms with Crippen molar-refractivity contribution in [1.29, 1.82) is 0 Å². The molecule has 4 heteroatoms. The van der Waals surface area contributed by atoms with Gasteiger partial charge in [0.2, 0.25) is 0 Å². The fourth-order valence-electron chi connectivity index (χ4n) is 2.38. The zero-order chi connectivity index (χ0) is 16.9. The lowest BCUT2D eigenvalue weighted by atomic mass is 9.94. The van der Waals surface area contributed by atoms with Crippen molar-refractivity contribution in [2.45, 2.75) is 38.8 Å². The molecule has 0 aliphatic heterocycles. The van der Waals surface area contributed by atoms with E-state index in [1.165, 1.54) is 5.56 Å². The zero-order valence-corrected chi connectivity index (χ0v) is 14.4. The third-order valence-electron chi connectivity index (χ3n) is 3.43. The largest absolute Gasteiger partial charge is 0.481 e. The van der Waals surface area contributed by atoms with Gasteiger partial charge in [-0.3, -0.25) is 4.79 Å². The Bertz CT molecular complexity index is 655. The number of carbonyl (C=O) groups is 1. The minimum Gasteiger partial charge on any atom is -0.481 e. The Balaban J connectivity index is 1.94. The maximum Gasteiger partial charge on any atom is 0.261 e. The van der Waals surface area contributed by atoms with E-state index in [0.29, 0.717) is 10.8 Å². The minimum absolute atomic E-state index is 0.147. The molecule has 0 heterocycles. The van der Waals surface area contributed by atoms with Gasteiger partial charge in [-0.1, -0.05) is 48.0 Å². The van der Waals surface area contributed by atoms with Crippen LogP contribution in [-0.4, -0.2) is 17.6 Å². The predicted octanol–water partition coefficient (Wildman–Crippen LogP) is 4.24. The lowest BCUT2D eigenvalue weighted by Crippen LogP contribution is -2.49. The van der Waals surface area contributed by atoms with Crippen molar-refractivity contribution < 1.29 is 9.53 Å². The molecule has 0 saturated carbocycles. The third kappa shape index (κ3) is 5.61. The van der Waals surface area contributed by atoms with Crippen LogP contribution in [-0.2, 0) is 11.2 Å². The quantitative estimate of drug-likeness (QED) is 0.859. The molecule has 0 spiro atoms. The highest BCUT2D eigenvalue weighted by atomic mass is 35.5. The van der Waals surface area contributed by atoms with Gasteiger partial charge in [0.15, 0.2) is 6.10 Å². The Labute approximate surface area is 142 Å². The van der Waals surface area contributed by atoms with E-state index in [2.05, 4.69) is 17.4 Å². The molecular weight excluding hydrogens is 310 g/mol. The molecule has 122 valence electrons. The summed E-state index contributed by atoms with van der Waals surface area (Å²) in [7, 11) is 0. The summed E-state index contributed by atoms with van der Waals surface area (Å²) in [6.07, 6.45) is 0.159. The number of ether oxygens (including phenoxy) is 1. The molecular formula is C19H22ClNO2. The number of halogens is 1. The smallest absolute Gasteiger partial charge is 0.261 e. The summed E-state index contributed by atoms with van der Waals surface area (Å²) in [5, 5.41) is 3.63. The van der Waals surface area contributed by atoms with E-state index in [4.69, 9.17) is 16.3 Å². The Morgan fingerprint density at radius 1 is 1.17 bits per heavy atom. The van der Waals surface area contributed by atoms with E-state index in [0.717, 1.165) is 6.42 Å². The average Bonchev–Trinajstić information content (AvgIpc) is 2.47. The molecule has 2 rings (SSSR count). The summed E-state index contributed by atoms with van der Waals surface area (Å²) in [5.41, 5.74) is 0.825. The molecule has 1 amide bonds.